The van der Waals surface area contributed by atoms with Crippen molar-refractivity contribution in [3.63, 3.8) is 0 Å². The van der Waals surface area contributed by atoms with E-state index in [-0.39, 0.29) is 17.9 Å². The molecule has 6 nitrogen and oxygen atoms in total. The van der Waals surface area contributed by atoms with Crippen LogP contribution < -0.4 is 10.6 Å². The van der Waals surface area contributed by atoms with Gasteiger partial charge in [0.25, 0.3) is 0 Å². The highest BCUT2D eigenvalue weighted by Crippen LogP contribution is 2.29. The smallest absolute Gasteiger partial charge is 0.407 e. The fraction of sp³-hybridized carbons (Fsp3) is 0.706. The Kier molecular flexibility index (Phi) is 6.21. The summed E-state index contributed by atoms with van der Waals surface area (Å²) in [5.74, 6) is 0.499. The van der Waals surface area contributed by atoms with Crippen LogP contribution in [0.15, 0.2) is 5.38 Å². The van der Waals surface area contributed by atoms with Gasteiger partial charge in [0.05, 0.1) is 5.69 Å². The van der Waals surface area contributed by atoms with Gasteiger partial charge in [0.15, 0.2) is 5.13 Å². The Morgan fingerprint density at radius 2 is 1.96 bits per heavy atom. The van der Waals surface area contributed by atoms with Crippen molar-refractivity contribution in [1.82, 2.24) is 10.3 Å². The lowest BCUT2D eigenvalue weighted by molar-refractivity contribution is -0.121. The molecule has 1 aliphatic rings. The van der Waals surface area contributed by atoms with Crippen LogP contribution in [0.5, 0.6) is 0 Å². The highest BCUT2D eigenvalue weighted by molar-refractivity contribution is 7.13. The lowest BCUT2D eigenvalue weighted by Crippen LogP contribution is -2.37. The van der Waals surface area contributed by atoms with Crippen LogP contribution in [0, 0.1) is 18.8 Å². The molecule has 1 saturated carbocycles. The van der Waals surface area contributed by atoms with E-state index >= 15 is 0 Å². The fourth-order valence-electron chi connectivity index (χ4n) is 2.79. The molecule has 0 atom stereocenters. The molecule has 0 radical (unpaired) electrons. The van der Waals surface area contributed by atoms with Crippen molar-refractivity contribution in [2.24, 2.45) is 11.8 Å². The number of hydrogen-bond donors (Lipinski definition) is 2. The summed E-state index contributed by atoms with van der Waals surface area (Å²) in [6.07, 6.45) is 3.19. The predicted octanol–water partition coefficient (Wildman–Crippen LogP) is 3.72. The number of rotatable bonds is 4. The first-order chi connectivity index (χ1) is 11.2. The molecule has 24 heavy (non-hydrogen) atoms. The highest BCUT2D eigenvalue weighted by Gasteiger charge is 2.27. The van der Waals surface area contributed by atoms with Gasteiger partial charge in [-0.05, 0) is 59.3 Å². The minimum absolute atomic E-state index is 0.0342. The molecule has 1 fully saturated rings. The molecule has 0 aromatic carbocycles. The van der Waals surface area contributed by atoms with Crippen LogP contribution in [0.3, 0.4) is 0 Å². The van der Waals surface area contributed by atoms with Crippen molar-refractivity contribution in [2.75, 3.05) is 11.9 Å². The Bertz CT molecular complexity index is 572. The minimum atomic E-state index is -0.478. The third-order valence-corrected chi connectivity index (χ3v) is 4.88. The van der Waals surface area contributed by atoms with Crippen molar-refractivity contribution in [2.45, 2.75) is 59.0 Å². The fourth-order valence-corrected chi connectivity index (χ4v) is 3.48. The zero-order chi connectivity index (χ0) is 17.7. The molecule has 0 aliphatic heterocycles. The van der Waals surface area contributed by atoms with Gasteiger partial charge < -0.3 is 15.4 Å². The van der Waals surface area contributed by atoms with Crippen LogP contribution in [0.1, 0.15) is 52.1 Å². The van der Waals surface area contributed by atoms with Crippen molar-refractivity contribution in [3.05, 3.63) is 11.1 Å². The van der Waals surface area contributed by atoms with Gasteiger partial charge in [0, 0.05) is 17.8 Å². The maximum atomic E-state index is 12.3. The number of nitrogens with zero attached hydrogens (tertiary/aromatic N) is 1. The summed E-state index contributed by atoms with van der Waals surface area (Å²) in [6.45, 7) is 8.06. The standard InChI is InChI=1S/C17H27N3O3S/c1-11-10-24-15(19-11)20-14(21)13-7-5-12(6-8-13)9-18-16(22)23-17(2,3)4/h10,12-13H,5-9H2,1-4H3,(H,18,22)(H,19,20,21). The third-order valence-electron chi connectivity index (χ3n) is 4.00. The zero-order valence-corrected chi connectivity index (χ0v) is 15.7. The van der Waals surface area contributed by atoms with Gasteiger partial charge in [0.1, 0.15) is 5.60 Å². The van der Waals surface area contributed by atoms with Crippen molar-refractivity contribution in [3.8, 4) is 0 Å². The molecule has 2 rings (SSSR count). The Hall–Kier alpha value is -1.63. The van der Waals surface area contributed by atoms with Gasteiger partial charge in [-0.2, -0.15) is 0 Å². The Balaban J connectivity index is 1.69. The van der Waals surface area contributed by atoms with Crippen LogP contribution in [0.4, 0.5) is 9.93 Å². The van der Waals surface area contributed by atoms with Crippen molar-refractivity contribution in [1.29, 1.82) is 0 Å². The number of thiazole rings is 1. The molecule has 0 unspecified atom stereocenters. The zero-order valence-electron chi connectivity index (χ0n) is 14.8. The Labute approximate surface area is 147 Å². The number of aromatic nitrogens is 1. The van der Waals surface area contributed by atoms with E-state index in [0.717, 1.165) is 31.4 Å². The molecule has 0 bridgehead atoms. The second-order valence-corrected chi connectivity index (χ2v) is 8.24. The molecule has 1 aliphatic carbocycles. The summed E-state index contributed by atoms with van der Waals surface area (Å²) in [6, 6.07) is 0. The number of aryl methyl sites for hydroxylation is 1. The highest BCUT2D eigenvalue weighted by atomic mass is 32.1. The summed E-state index contributed by atoms with van der Waals surface area (Å²) in [4.78, 5) is 28.2. The average molecular weight is 353 g/mol. The molecule has 2 amide bonds. The largest absolute Gasteiger partial charge is 0.444 e. The molecule has 7 heteroatoms. The van der Waals surface area contributed by atoms with E-state index in [9.17, 15) is 9.59 Å². The quantitative estimate of drug-likeness (QED) is 0.864. The number of anilines is 1. The third kappa shape index (κ3) is 6.11. The van der Waals surface area contributed by atoms with Gasteiger partial charge in [-0.25, -0.2) is 9.78 Å². The van der Waals surface area contributed by atoms with Gasteiger partial charge in [0.2, 0.25) is 5.91 Å². The number of alkyl carbamates (subject to hydrolysis) is 1. The SMILES string of the molecule is Cc1csc(NC(=O)C2CCC(CNC(=O)OC(C)(C)C)CC2)n1. The number of amides is 2. The Morgan fingerprint density at radius 1 is 1.29 bits per heavy atom. The minimum Gasteiger partial charge on any atom is -0.444 e. The number of nitrogens with one attached hydrogen (secondary N) is 2. The second kappa shape index (κ2) is 7.96. The normalized spacial score (nSPS) is 21.2. The maximum absolute atomic E-state index is 12.3. The number of ether oxygens (including phenoxy) is 1. The number of carbonyl (C=O) groups excluding carboxylic acids is 2. The van der Waals surface area contributed by atoms with E-state index in [1.54, 1.807) is 0 Å². The topological polar surface area (TPSA) is 80.3 Å². The molecule has 1 aromatic rings. The molecule has 134 valence electrons. The molecule has 2 N–H and O–H groups in total. The summed E-state index contributed by atoms with van der Waals surface area (Å²) >= 11 is 1.45. The summed E-state index contributed by atoms with van der Waals surface area (Å²) in [7, 11) is 0. The molecular formula is C17H27N3O3S. The van der Waals surface area contributed by atoms with Gasteiger partial charge >= 0.3 is 6.09 Å². The van der Waals surface area contributed by atoms with Gasteiger partial charge in [-0.1, -0.05) is 0 Å². The lowest BCUT2D eigenvalue weighted by atomic mass is 9.81. The van der Waals surface area contributed by atoms with E-state index in [1.807, 2.05) is 33.1 Å². The van der Waals surface area contributed by atoms with E-state index in [1.165, 1.54) is 11.3 Å². The Morgan fingerprint density at radius 3 is 2.50 bits per heavy atom. The van der Waals surface area contributed by atoms with E-state index in [4.69, 9.17) is 4.74 Å². The van der Waals surface area contributed by atoms with Gasteiger partial charge in [-0.15, -0.1) is 11.3 Å². The predicted molar refractivity (Wildman–Crippen MR) is 95.2 cm³/mol. The first kappa shape index (κ1) is 18.7. The van der Waals surface area contributed by atoms with Crippen LogP contribution in [-0.2, 0) is 9.53 Å². The van der Waals surface area contributed by atoms with E-state index in [2.05, 4.69) is 15.6 Å². The summed E-state index contributed by atoms with van der Waals surface area (Å²) in [5, 5.41) is 8.33. The van der Waals surface area contributed by atoms with Crippen LogP contribution in [0.25, 0.3) is 0 Å². The van der Waals surface area contributed by atoms with Crippen LogP contribution in [-0.4, -0.2) is 29.1 Å². The monoisotopic (exact) mass is 353 g/mol. The van der Waals surface area contributed by atoms with Gasteiger partial charge in [-0.3, -0.25) is 4.79 Å². The van der Waals surface area contributed by atoms with Crippen molar-refractivity contribution < 1.29 is 14.3 Å². The molecule has 1 heterocycles. The maximum Gasteiger partial charge on any atom is 0.407 e. The molecule has 1 aromatic heterocycles. The molecule has 0 saturated heterocycles. The second-order valence-electron chi connectivity index (χ2n) is 7.38. The lowest BCUT2D eigenvalue weighted by Gasteiger charge is -2.28. The van der Waals surface area contributed by atoms with Crippen LogP contribution in [0.2, 0.25) is 0 Å². The van der Waals surface area contributed by atoms with Crippen molar-refractivity contribution >= 4 is 28.5 Å². The van der Waals surface area contributed by atoms with Crippen LogP contribution >= 0.6 is 11.3 Å². The number of hydrogen-bond acceptors (Lipinski definition) is 5. The number of carbonyl (C=O) groups is 2. The first-order valence-corrected chi connectivity index (χ1v) is 9.31. The summed E-state index contributed by atoms with van der Waals surface area (Å²) in [5.41, 5.74) is 0.445. The summed E-state index contributed by atoms with van der Waals surface area (Å²) < 4.78 is 5.24. The average Bonchev–Trinajstić information content (AvgIpc) is 2.89. The van der Waals surface area contributed by atoms with E-state index < -0.39 is 5.60 Å². The molecular weight excluding hydrogens is 326 g/mol. The van der Waals surface area contributed by atoms with E-state index in [0.29, 0.717) is 17.6 Å². The molecule has 0 spiro atoms. The first-order valence-electron chi connectivity index (χ1n) is 8.43.